The first-order chi connectivity index (χ1) is 16.7. The van der Waals surface area contributed by atoms with E-state index in [-0.39, 0.29) is 16.7 Å². The maximum absolute atomic E-state index is 13.2. The van der Waals surface area contributed by atoms with Crippen LogP contribution in [-0.4, -0.2) is 48.6 Å². The van der Waals surface area contributed by atoms with Crippen LogP contribution >= 0.6 is 0 Å². The van der Waals surface area contributed by atoms with Crippen molar-refractivity contribution in [1.82, 2.24) is 4.90 Å². The summed E-state index contributed by atoms with van der Waals surface area (Å²) in [7, 11) is 1.60. The number of ketones is 1. The van der Waals surface area contributed by atoms with Crippen LogP contribution in [0.15, 0.2) is 54.1 Å². The van der Waals surface area contributed by atoms with E-state index < -0.39 is 17.7 Å². The first kappa shape index (κ1) is 26.5. The van der Waals surface area contributed by atoms with E-state index in [4.69, 9.17) is 9.47 Å². The van der Waals surface area contributed by atoms with E-state index in [0.717, 1.165) is 24.0 Å². The minimum absolute atomic E-state index is 0.0307. The number of hydrogen-bond acceptors (Lipinski definition) is 5. The lowest BCUT2D eigenvalue weighted by Crippen LogP contribution is -2.31. The number of aliphatic hydroxyl groups excluding tert-OH is 1. The molecule has 1 saturated heterocycles. The fourth-order valence-corrected chi connectivity index (χ4v) is 4.22. The molecule has 1 amide bonds. The fourth-order valence-electron chi connectivity index (χ4n) is 4.22. The maximum atomic E-state index is 13.2. The maximum Gasteiger partial charge on any atom is 0.295 e. The topological polar surface area (TPSA) is 76.1 Å². The van der Waals surface area contributed by atoms with Crippen molar-refractivity contribution in [3.63, 3.8) is 0 Å². The van der Waals surface area contributed by atoms with Gasteiger partial charge in [-0.25, -0.2) is 0 Å². The highest BCUT2D eigenvalue weighted by molar-refractivity contribution is 6.46. The van der Waals surface area contributed by atoms with Crippen molar-refractivity contribution in [3.8, 4) is 5.75 Å². The highest BCUT2D eigenvalue weighted by atomic mass is 16.5. The average Bonchev–Trinajstić information content (AvgIpc) is 3.08. The number of carbonyl (C=O) groups excluding carboxylic acids is 2. The Kier molecular flexibility index (Phi) is 8.73. The molecule has 0 aromatic heterocycles. The van der Waals surface area contributed by atoms with Crippen LogP contribution in [0.25, 0.3) is 5.76 Å². The predicted octanol–water partition coefficient (Wildman–Crippen LogP) is 5.62. The van der Waals surface area contributed by atoms with Gasteiger partial charge >= 0.3 is 0 Å². The fraction of sp³-hybridized carbons (Fsp3) is 0.448. The molecule has 1 aliphatic heterocycles. The van der Waals surface area contributed by atoms with Crippen molar-refractivity contribution in [3.05, 3.63) is 70.8 Å². The van der Waals surface area contributed by atoms with Gasteiger partial charge in [-0.3, -0.25) is 9.59 Å². The minimum atomic E-state index is -0.679. The summed E-state index contributed by atoms with van der Waals surface area (Å²) in [6.07, 6.45) is 2.52. The number of benzene rings is 2. The zero-order valence-corrected chi connectivity index (χ0v) is 21.5. The molecule has 1 atom stereocenters. The van der Waals surface area contributed by atoms with Crippen LogP contribution in [0.2, 0.25) is 0 Å². The molecule has 0 bridgehead atoms. The monoisotopic (exact) mass is 479 g/mol. The third-order valence-electron chi connectivity index (χ3n) is 6.25. The summed E-state index contributed by atoms with van der Waals surface area (Å²) in [6, 6.07) is 14.3. The second-order valence-electron chi connectivity index (χ2n) is 9.94. The molecule has 1 aliphatic rings. The molecule has 0 spiro atoms. The lowest BCUT2D eigenvalue weighted by molar-refractivity contribution is -0.140. The summed E-state index contributed by atoms with van der Waals surface area (Å²) in [4.78, 5) is 27.8. The summed E-state index contributed by atoms with van der Waals surface area (Å²) in [6.45, 7) is 9.88. The number of hydrogen-bond donors (Lipinski definition) is 1. The Morgan fingerprint density at radius 3 is 2.37 bits per heavy atom. The van der Waals surface area contributed by atoms with Gasteiger partial charge in [0.25, 0.3) is 11.7 Å². The number of ether oxygens (including phenoxy) is 2. The van der Waals surface area contributed by atoms with Gasteiger partial charge in [-0.05, 0) is 41.5 Å². The number of rotatable bonds is 10. The standard InChI is InChI=1S/C29H37NO5/c1-6-7-18-35-23-11-8-10-21(19-23)26(31)24-25(20-12-14-22(15-13-20)29(2,3)4)30(16-9-17-34-5)28(33)27(24)32/h8,10-15,19,25,31H,6-7,9,16-18H2,1-5H3/b26-24+. The molecule has 0 saturated carbocycles. The average molecular weight is 480 g/mol. The first-order valence-electron chi connectivity index (χ1n) is 12.3. The van der Waals surface area contributed by atoms with Crippen molar-refractivity contribution < 1.29 is 24.2 Å². The zero-order valence-electron chi connectivity index (χ0n) is 21.5. The van der Waals surface area contributed by atoms with Crippen molar-refractivity contribution in [2.24, 2.45) is 0 Å². The van der Waals surface area contributed by atoms with Crippen molar-refractivity contribution >= 4 is 17.4 Å². The van der Waals surface area contributed by atoms with Crippen LogP contribution in [0.1, 0.15) is 69.7 Å². The molecule has 1 unspecified atom stereocenters. The summed E-state index contributed by atoms with van der Waals surface area (Å²) < 4.78 is 10.9. The number of Topliss-reactive ketones (excluding diaryl/α,β-unsaturated/α-hetero) is 1. The van der Waals surface area contributed by atoms with E-state index in [1.165, 1.54) is 0 Å². The summed E-state index contributed by atoms with van der Waals surface area (Å²) in [5, 5.41) is 11.3. The molecule has 6 heteroatoms. The van der Waals surface area contributed by atoms with Gasteiger partial charge in [-0.2, -0.15) is 0 Å². The van der Waals surface area contributed by atoms with E-state index in [1.54, 1.807) is 30.2 Å². The summed E-state index contributed by atoms with van der Waals surface area (Å²) in [5.41, 5.74) is 2.45. The number of carbonyl (C=O) groups is 2. The first-order valence-corrected chi connectivity index (χ1v) is 12.3. The molecule has 0 aliphatic carbocycles. The minimum Gasteiger partial charge on any atom is -0.507 e. The van der Waals surface area contributed by atoms with E-state index in [0.29, 0.717) is 37.5 Å². The van der Waals surface area contributed by atoms with E-state index in [1.807, 2.05) is 30.3 Å². The summed E-state index contributed by atoms with van der Waals surface area (Å²) in [5.74, 6) is -0.864. The van der Waals surface area contributed by atoms with Crippen LogP contribution < -0.4 is 4.74 Å². The Balaban J connectivity index is 2.06. The van der Waals surface area contributed by atoms with Crippen LogP contribution in [0, 0.1) is 0 Å². The largest absolute Gasteiger partial charge is 0.507 e. The lowest BCUT2D eigenvalue weighted by Gasteiger charge is -2.26. The molecule has 6 nitrogen and oxygen atoms in total. The Morgan fingerprint density at radius 2 is 1.74 bits per heavy atom. The summed E-state index contributed by atoms with van der Waals surface area (Å²) >= 11 is 0. The predicted molar refractivity (Wildman–Crippen MR) is 137 cm³/mol. The number of nitrogens with zero attached hydrogens (tertiary/aromatic N) is 1. The molecular weight excluding hydrogens is 442 g/mol. The number of amides is 1. The number of unbranched alkanes of at least 4 members (excludes halogenated alkanes) is 1. The molecule has 3 rings (SSSR count). The number of methoxy groups -OCH3 is 1. The van der Waals surface area contributed by atoms with Gasteiger partial charge in [0.05, 0.1) is 18.2 Å². The van der Waals surface area contributed by atoms with Gasteiger partial charge in [0.2, 0.25) is 0 Å². The van der Waals surface area contributed by atoms with Crippen LogP contribution in [0.5, 0.6) is 5.75 Å². The highest BCUT2D eigenvalue weighted by Gasteiger charge is 2.45. The lowest BCUT2D eigenvalue weighted by atomic mass is 9.85. The molecule has 1 N–H and O–H groups in total. The number of aliphatic hydroxyl groups is 1. The molecule has 1 heterocycles. The molecule has 2 aromatic rings. The van der Waals surface area contributed by atoms with Gasteiger partial charge in [-0.1, -0.05) is 70.5 Å². The van der Waals surface area contributed by atoms with E-state index in [9.17, 15) is 14.7 Å². The van der Waals surface area contributed by atoms with Crippen LogP contribution in [-0.2, 0) is 19.7 Å². The normalized spacial score (nSPS) is 17.7. The molecular formula is C29H37NO5. The molecule has 2 aromatic carbocycles. The van der Waals surface area contributed by atoms with Crippen LogP contribution in [0.3, 0.4) is 0 Å². The second kappa shape index (κ2) is 11.5. The number of likely N-dealkylation sites (tertiary alicyclic amines) is 1. The van der Waals surface area contributed by atoms with Gasteiger partial charge in [0.15, 0.2) is 0 Å². The smallest absolute Gasteiger partial charge is 0.295 e. The Morgan fingerprint density at radius 1 is 1.03 bits per heavy atom. The molecule has 188 valence electrons. The van der Waals surface area contributed by atoms with Crippen molar-refractivity contribution in [1.29, 1.82) is 0 Å². The van der Waals surface area contributed by atoms with E-state index in [2.05, 4.69) is 27.7 Å². The van der Waals surface area contributed by atoms with Crippen molar-refractivity contribution in [2.45, 2.75) is 58.4 Å². The zero-order chi connectivity index (χ0) is 25.6. The third-order valence-corrected chi connectivity index (χ3v) is 6.25. The Labute approximate surface area is 208 Å². The highest BCUT2D eigenvalue weighted by Crippen LogP contribution is 2.40. The molecule has 35 heavy (non-hydrogen) atoms. The second-order valence-corrected chi connectivity index (χ2v) is 9.94. The van der Waals surface area contributed by atoms with Gasteiger partial charge < -0.3 is 19.5 Å². The SMILES string of the molecule is CCCCOc1cccc(/C(O)=C2\C(=O)C(=O)N(CCCOC)C2c2ccc(C(C)(C)C)cc2)c1. The van der Waals surface area contributed by atoms with Gasteiger partial charge in [0.1, 0.15) is 11.5 Å². The van der Waals surface area contributed by atoms with Gasteiger partial charge in [-0.15, -0.1) is 0 Å². The quantitative estimate of drug-likeness (QED) is 0.207. The molecule has 0 radical (unpaired) electrons. The Hall–Kier alpha value is -3.12. The van der Waals surface area contributed by atoms with Crippen molar-refractivity contribution in [2.75, 3.05) is 26.9 Å². The van der Waals surface area contributed by atoms with Gasteiger partial charge in [0, 0.05) is 25.8 Å². The molecule has 1 fully saturated rings. The van der Waals surface area contributed by atoms with Crippen LogP contribution in [0.4, 0.5) is 0 Å². The third kappa shape index (κ3) is 6.12. The Bertz CT molecular complexity index is 1070. The van der Waals surface area contributed by atoms with E-state index >= 15 is 0 Å².